The van der Waals surface area contributed by atoms with E-state index in [1.165, 1.54) is 6.42 Å². The number of nitrogens with two attached hydrogens (primary N) is 1. The number of piperidine rings is 1. The fourth-order valence-corrected chi connectivity index (χ4v) is 3.42. The summed E-state index contributed by atoms with van der Waals surface area (Å²) in [6.07, 6.45) is 2.26. The van der Waals surface area contributed by atoms with Crippen molar-refractivity contribution in [3.63, 3.8) is 0 Å². The van der Waals surface area contributed by atoms with Gasteiger partial charge in [0.1, 0.15) is 17.6 Å². The lowest BCUT2D eigenvalue weighted by molar-refractivity contribution is 0.351. The zero-order chi connectivity index (χ0) is 14.9. The Labute approximate surface area is 122 Å². The lowest BCUT2D eigenvalue weighted by Crippen LogP contribution is -2.40. The molecule has 0 unspecified atom stereocenters. The molecule has 2 N–H and O–H groups in total. The van der Waals surface area contributed by atoms with Gasteiger partial charge in [0, 0.05) is 19.1 Å². The highest BCUT2D eigenvalue weighted by molar-refractivity contribution is 5.68. The topological polar surface area (TPSA) is 58.0 Å². The molecule has 0 spiro atoms. The van der Waals surface area contributed by atoms with Gasteiger partial charge in [0.15, 0.2) is 0 Å². The first-order valence-corrected chi connectivity index (χ1v) is 7.63. The third-order valence-corrected chi connectivity index (χ3v) is 4.35. The maximum Gasteiger partial charge on any atom is 0.133 e. The van der Waals surface area contributed by atoms with Gasteiger partial charge >= 0.3 is 0 Å². The molecule has 110 valence electrons. The molecule has 1 saturated heterocycles. The predicted molar refractivity (Wildman–Crippen MR) is 83.7 cm³/mol. The van der Waals surface area contributed by atoms with Crippen molar-refractivity contribution < 1.29 is 0 Å². The van der Waals surface area contributed by atoms with E-state index >= 15 is 0 Å². The zero-order valence-electron chi connectivity index (χ0n) is 13.1. The van der Waals surface area contributed by atoms with Crippen molar-refractivity contribution in [1.29, 1.82) is 5.26 Å². The summed E-state index contributed by atoms with van der Waals surface area (Å²) in [5.74, 6) is 2.39. The number of rotatable bonds is 3. The van der Waals surface area contributed by atoms with Crippen molar-refractivity contribution in [3.05, 3.63) is 11.8 Å². The van der Waals surface area contributed by atoms with Crippen molar-refractivity contribution in [1.82, 2.24) is 4.57 Å². The Morgan fingerprint density at radius 2 is 2.00 bits per heavy atom. The summed E-state index contributed by atoms with van der Waals surface area (Å²) in [5.41, 5.74) is 7.64. The van der Waals surface area contributed by atoms with Crippen LogP contribution in [0.15, 0.2) is 6.07 Å². The van der Waals surface area contributed by atoms with Gasteiger partial charge in [-0.1, -0.05) is 20.8 Å². The molecule has 0 amide bonds. The van der Waals surface area contributed by atoms with Gasteiger partial charge in [-0.25, -0.2) is 0 Å². The van der Waals surface area contributed by atoms with Crippen molar-refractivity contribution in [3.8, 4) is 6.07 Å². The number of aromatic nitrogens is 1. The van der Waals surface area contributed by atoms with Crippen molar-refractivity contribution in [2.45, 2.75) is 46.6 Å². The summed E-state index contributed by atoms with van der Waals surface area (Å²) < 4.78 is 2.13. The summed E-state index contributed by atoms with van der Waals surface area (Å²) in [5, 5.41) is 9.36. The van der Waals surface area contributed by atoms with Crippen LogP contribution in [-0.4, -0.2) is 17.7 Å². The van der Waals surface area contributed by atoms with E-state index in [0.29, 0.717) is 23.6 Å². The largest absolute Gasteiger partial charge is 0.396 e. The van der Waals surface area contributed by atoms with E-state index in [2.05, 4.69) is 43.2 Å². The third kappa shape index (κ3) is 2.63. The minimum Gasteiger partial charge on any atom is -0.396 e. The van der Waals surface area contributed by atoms with Gasteiger partial charge in [0.25, 0.3) is 0 Å². The fraction of sp³-hybridized carbons (Fsp3) is 0.688. The van der Waals surface area contributed by atoms with Gasteiger partial charge in [0.05, 0.1) is 5.69 Å². The van der Waals surface area contributed by atoms with E-state index in [-0.39, 0.29) is 0 Å². The minimum absolute atomic E-state index is 0.296. The Balaban J connectivity index is 2.45. The first-order chi connectivity index (χ1) is 9.47. The molecule has 20 heavy (non-hydrogen) atoms. The highest BCUT2D eigenvalue weighted by Crippen LogP contribution is 2.35. The molecule has 4 heteroatoms. The maximum absolute atomic E-state index is 9.36. The van der Waals surface area contributed by atoms with Crippen LogP contribution in [0.3, 0.4) is 0 Å². The molecule has 1 fully saturated rings. The Hall–Kier alpha value is -1.63. The van der Waals surface area contributed by atoms with Crippen LogP contribution in [0.2, 0.25) is 0 Å². The van der Waals surface area contributed by atoms with Gasteiger partial charge in [0.2, 0.25) is 0 Å². The number of anilines is 2. The number of nitriles is 1. The van der Waals surface area contributed by atoms with Crippen molar-refractivity contribution in [2.75, 3.05) is 23.7 Å². The summed E-state index contributed by atoms with van der Waals surface area (Å²) in [7, 11) is 0. The van der Waals surface area contributed by atoms with E-state index in [4.69, 9.17) is 5.73 Å². The SMILES string of the molecule is CC[C@@H](C)n1c(C#N)cc(N)c1N1C[C@H](C)C[C@@H](C)C1. The second kappa shape index (κ2) is 5.78. The molecule has 0 saturated carbocycles. The van der Waals surface area contributed by atoms with Crippen LogP contribution in [0.5, 0.6) is 0 Å². The minimum atomic E-state index is 0.296. The maximum atomic E-state index is 9.36. The van der Waals surface area contributed by atoms with E-state index in [1.54, 1.807) is 0 Å². The van der Waals surface area contributed by atoms with Gasteiger partial charge in [-0.05, 0) is 37.7 Å². The molecular weight excluding hydrogens is 248 g/mol. The molecule has 0 bridgehead atoms. The highest BCUT2D eigenvalue weighted by atomic mass is 15.3. The monoisotopic (exact) mass is 274 g/mol. The van der Waals surface area contributed by atoms with Crippen molar-refractivity contribution >= 4 is 11.5 Å². The highest BCUT2D eigenvalue weighted by Gasteiger charge is 2.27. The molecule has 2 rings (SSSR count). The second-order valence-electron chi connectivity index (χ2n) is 6.40. The van der Waals surface area contributed by atoms with E-state index in [9.17, 15) is 5.26 Å². The van der Waals surface area contributed by atoms with Crippen LogP contribution in [0.25, 0.3) is 0 Å². The number of nitrogen functional groups attached to an aromatic ring is 1. The summed E-state index contributed by atoms with van der Waals surface area (Å²) >= 11 is 0. The van der Waals surface area contributed by atoms with Crippen molar-refractivity contribution in [2.24, 2.45) is 11.8 Å². The number of hydrogen-bond donors (Lipinski definition) is 1. The summed E-state index contributed by atoms with van der Waals surface area (Å²) in [4.78, 5) is 2.38. The molecule has 4 nitrogen and oxygen atoms in total. The van der Waals surface area contributed by atoms with E-state index in [0.717, 1.165) is 31.0 Å². The Bertz CT molecular complexity index is 501. The Kier molecular flexibility index (Phi) is 4.27. The van der Waals surface area contributed by atoms with Gasteiger partial charge in [-0.3, -0.25) is 0 Å². The molecule has 1 aromatic heterocycles. The van der Waals surface area contributed by atoms with Gasteiger partial charge < -0.3 is 15.2 Å². The molecule has 0 aromatic carbocycles. The smallest absolute Gasteiger partial charge is 0.133 e. The molecule has 1 aliphatic heterocycles. The van der Waals surface area contributed by atoms with Crippen LogP contribution in [-0.2, 0) is 0 Å². The summed E-state index contributed by atoms with van der Waals surface area (Å²) in [6.45, 7) is 10.9. The van der Waals surface area contributed by atoms with Crippen LogP contribution in [0.1, 0.15) is 52.3 Å². The first kappa shape index (κ1) is 14.8. The average Bonchev–Trinajstić information content (AvgIpc) is 2.73. The Morgan fingerprint density at radius 3 is 2.50 bits per heavy atom. The number of nitrogens with zero attached hydrogens (tertiary/aromatic N) is 3. The molecule has 2 heterocycles. The van der Waals surface area contributed by atoms with E-state index < -0.39 is 0 Å². The molecular formula is C16H26N4. The Morgan fingerprint density at radius 1 is 1.40 bits per heavy atom. The normalized spacial score (nSPS) is 24.4. The first-order valence-electron chi connectivity index (χ1n) is 7.63. The molecule has 0 radical (unpaired) electrons. The zero-order valence-corrected chi connectivity index (χ0v) is 13.1. The molecule has 1 aromatic rings. The lowest BCUT2D eigenvalue weighted by Gasteiger charge is -2.38. The lowest BCUT2D eigenvalue weighted by atomic mass is 9.92. The fourth-order valence-electron chi connectivity index (χ4n) is 3.42. The molecule has 1 aliphatic rings. The molecule has 3 atom stereocenters. The number of hydrogen-bond acceptors (Lipinski definition) is 3. The van der Waals surface area contributed by atoms with Gasteiger partial charge in [-0.2, -0.15) is 5.26 Å². The third-order valence-electron chi connectivity index (χ3n) is 4.35. The predicted octanol–water partition coefficient (Wildman–Crippen LogP) is 3.40. The van der Waals surface area contributed by atoms with Gasteiger partial charge in [-0.15, -0.1) is 0 Å². The standard InChI is InChI=1S/C16H26N4/c1-5-13(4)20-14(8-17)7-15(18)16(20)19-9-11(2)6-12(3)10-19/h7,11-13H,5-6,9-10,18H2,1-4H3/t11-,12-,13-/m1/s1. The van der Waals surface area contributed by atoms with E-state index in [1.807, 2.05) is 6.07 Å². The average molecular weight is 274 g/mol. The van der Waals surface area contributed by atoms with Crippen LogP contribution in [0, 0.1) is 23.2 Å². The second-order valence-corrected chi connectivity index (χ2v) is 6.40. The van der Waals surface area contributed by atoms with Crippen LogP contribution < -0.4 is 10.6 Å². The summed E-state index contributed by atoms with van der Waals surface area (Å²) in [6, 6.07) is 4.41. The quantitative estimate of drug-likeness (QED) is 0.919. The van der Waals surface area contributed by atoms with Crippen LogP contribution in [0.4, 0.5) is 11.5 Å². The van der Waals surface area contributed by atoms with Crippen LogP contribution >= 0.6 is 0 Å². The molecule has 0 aliphatic carbocycles.